The van der Waals surface area contributed by atoms with Crippen LogP contribution in [0.5, 0.6) is 0 Å². The monoisotopic (exact) mass is 302 g/mol. The van der Waals surface area contributed by atoms with E-state index in [-0.39, 0.29) is 30.1 Å². The van der Waals surface area contributed by atoms with Crippen molar-refractivity contribution in [2.24, 2.45) is 7.05 Å². The van der Waals surface area contributed by atoms with E-state index in [0.29, 0.717) is 18.1 Å². The summed E-state index contributed by atoms with van der Waals surface area (Å²) in [6.07, 6.45) is 3.44. The quantitative estimate of drug-likeness (QED) is 0.923. The van der Waals surface area contributed by atoms with E-state index >= 15 is 0 Å². The maximum absolute atomic E-state index is 12.9. The molecule has 2 aromatic rings. The van der Waals surface area contributed by atoms with Crippen molar-refractivity contribution in [2.75, 3.05) is 11.4 Å². The van der Waals surface area contributed by atoms with Crippen molar-refractivity contribution in [3.8, 4) is 0 Å². The predicted octanol–water partition coefficient (Wildman–Crippen LogP) is 1.09. The molecule has 2 amide bonds. The second-order valence-electron chi connectivity index (χ2n) is 5.22. The van der Waals surface area contributed by atoms with Crippen LogP contribution in [0.4, 0.5) is 10.1 Å². The van der Waals surface area contributed by atoms with Crippen LogP contribution in [-0.2, 0) is 11.8 Å². The van der Waals surface area contributed by atoms with Gasteiger partial charge in [-0.15, -0.1) is 0 Å². The third kappa shape index (κ3) is 2.69. The number of carbonyl (C=O) groups is 2. The fraction of sp³-hybridized carbons (Fsp3) is 0.267. The van der Waals surface area contributed by atoms with Crippen molar-refractivity contribution in [3.63, 3.8) is 0 Å². The van der Waals surface area contributed by atoms with Gasteiger partial charge >= 0.3 is 0 Å². The van der Waals surface area contributed by atoms with Gasteiger partial charge in [0.1, 0.15) is 5.82 Å². The van der Waals surface area contributed by atoms with Crippen LogP contribution in [0.25, 0.3) is 0 Å². The second-order valence-corrected chi connectivity index (χ2v) is 5.22. The molecule has 6 nitrogen and oxygen atoms in total. The van der Waals surface area contributed by atoms with Gasteiger partial charge in [-0.2, -0.15) is 0 Å². The highest BCUT2D eigenvalue weighted by Gasteiger charge is 2.32. The van der Waals surface area contributed by atoms with Gasteiger partial charge < -0.3 is 14.8 Å². The number of rotatable bonds is 3. The fourth-order valence-corrected chi connectivity index (χ4v) is 2.51. The van der Waals surface area contributed by atoms with Gasteiger partial charge in [0, 0.05) is 38.1 Å². The molecule has 1 unspecified atom stereocenters. The van der Waals surface area contributed by atoms with Gasteiger partial charge in [-0.25, -0.2) is 9.37 Å². The average Bonchev–Trinajstić information content (AvgIpc) is 3.06. The molecular formula is C15H15FN4O2. The van der Waals surface area contributed by atoms with E-state index in [0.717, 1.165) is 0 Å². The molecule has 1 aromatic heterocycles. The van der Waals surface area contributed by atoms with Gasteiger partial charge in [0.2, 0.25) is 5.91 Å². The van der Waals surface area contributed by atoms with E-state index in [1.807, 2.05) is 0 Å². The number of benzene rings is 1. The van der Waals surface area contributed by atoms with E-state index in [1.54, 1.807) is 41.0 Å². The molecule has 1 saturated heterocycles. The molecule has 114 valence electrons. The highest BCUT2D eigenvalue weighted by Crippen LogP contribution is 2.21. The Bertz CT molecular complexity index is 711. The SMILES string of the molecule is Cn1ccnc1C(=O)NC1CC(=O)N(c2ccc(F)cc2)C1. The summed E-state index contributed by atoms with van der Waals surface area (Å²) >= 11 is 0. The smallest absolute Gasteiger partial charge is 0.287 e. The first-order valence-corrected chi connectivity index (χ1v) is 6.88. The molecule has 1 aliphatic heterocycles. The summed E-state index contributed by atoms with van der Waals surface area (Å²) < 4.78 is 14.6. The van der Waals surface area contributed by atoms with Crippen molar-refractivity contribution in [2.45, 2.75) is 12.5 Å². The van der Waals surface area contributed by atoms with E-state index in [1.165, 1.54) is 12.1 Å². The maximum atomic E-state index is 12.9. The van der Waals surface area contributed by atoms with Crippen molar-refractivity contribution in [1.82, 2.24) is 14.9 Å². The average molecular weight is 302 g/mol. The number of carbonyl (C=O) groups excluding carboxylic acids is 2. The predicted molar refractivity (Wildman–Crippen MR) is 77.8 cm³/mol. The molecule has 7 heteroatoms. The maximum Gasteiger partial charge on any atom is 0.287 e. The van der Waals surface area contributed by atoms with E-state index in [9.17, 15) is 14.0 Å². The number of nitrogens with one attached hydrogen (secondary N) is 1. The lowest BCUT2D eigenvalue weighted by Gasteiger charge is -2.17. The number of imidazole rings is 1. The minimum atomic E-state index is -0.352. The molecule has 0 radical (unpaired) electrons. The number of aryl methyl sites for hydroxylation is 1. The van der Waals surface area contributed by atoms with Crippen LogP contribution < -0.4 is 10.2 Å². The summed E-state index contributed by atoms with van der Waals surface area (Å²) in [6.45, 7) is 0.362. The van der Waals surface area contributed by atoms with Crippen molar-refractivity contribution >= 4 is 17.5 Å². The lowest BCUT2D eigenvalue weighted by molar-refractivity contribution is -0.117. The lowest BCUT2D eigenvalue weighted by atomic mass is 10.2. The van der Waals surface area contributed by atoms with Crippen LogP contribution in [0, 0.1) is 5.82 Å². The Hall–Kier alpha value is -2.70. The summed E-state index contributed by atoms with van der Waals surface area (Å²) in [6, 6.07) is 5.43. The summed E-state index contributed by atoms with van der Waals surface area (Å²) in [5, 5.41) is 2.80. The Morgan fingerprint density at radius 1 is 1.36 bits per heavy atom. The highest BCUT2D eigenvalue weighted by molar-refractivity contribution is 5.98. The fourth-order valence-electron chi connectivity index (χ4n) is 2.51. The first kappa shape index (κ1) is 14.2. The Kier molecular flexibility index (Phi) is 3.62. The van der Waals surface area contributed by atoms with Gasteiger partial charge in [0.05, 0.1) is 6.04 Å². The van der Waals surface area contributed by atoms with E-state index in [2.05, 4.69) is 10.3 Å². The molecule has 22 heavy (non-hydrogen) atoms. The first-order chi connectivity index (χ1) is 10.5. The number of hydrogen-bond acceptors (Lipinski definition) is 3. The lowest BCUT2D eigenvalue weighted by Crippen LogP contribution is -2.38. The Labute approximate surface area is 126 Å². The van der Waals surface area contributed by atoms with Crippen LogP contribution in [0.2, 0.25) is 0 Å². The summed E-state index contributed by atoms with van der Waals surface area (Å²) in [5.41, 5.74) is 0.625. The van der Waals surface area contributed by atoms with Gasteiger partial charge in [-0.1, -0.05) is 0 Å². The molecule has 2 heterocycles. The highest BCUT2D eigenvalue weighted by atomic mass is 19.1. The molecular weight excluding hydrogens is 287 g/mol. The van der Waals surface area contributed by atoms with Gasteiger partial charge in [0.25, 0.3) is 5.91 Å². The van der Waals surface area contributed by atoms with Crippen LogP contribution in [0.15, 0.2) is 36.7 Å². The van der Waals surface area contributed by atoms with Crippen molar-refractivity contribution < 1.29 is 14.0 Å². The number of halogens is 1. The number of amides is 2. The minimum absolute atomic E-state index is 0.100. The van der Waals surface area contributed by atoms with Crippen LogP contribution >= 0.6 is 0 Å². The van der Waals surface area contributed by atoms with Crippen LogP contribution in [0.1, 0.15) is 17.0 Å². The molecule has 3 rings (SSSR count). The molecule has 1 N–H and O–H groups in total. The first-order valence-electron chi connectivity index (χ1n) is 6.88. The topological polar surface area (TPSA) is 67.2 Å². The molecule has 1 atom stereocenters. The molecule has 0 bridgehead atoms. The van der Waals surface area contributed by atoms with Crippen molar-refractivity contribution in [3.05, 3.63) is 48.3 Å². The summed E-state index contributed by atoms with van der Waals surface area (Å²) in [4.78, 5) is 29.7. The molecule has 0 spiro atoms. The Balaban J connectivity index is 1.68. The summed E-state index contributed by atoms with van der Waals surface area (Å²) in [5.74, 6) is -0.467. The molecule has 0 aliphatic carbocycles. The third-order valence-corrected chi connectivity index (χ3v) is 3.62. The molecule has 1 fully saturated rings. The Morgan fingerprint density at radius 2 is 2.09 bits per heavy atom. The van der Waals surface area contributed by atoms with Crippen LogP contribution in [0.3, 0.4) is 0 Å². The molecule has 1 aromatic carbocycles. The van der Waals surface area contributed by atoms with Crippen LogP contribution in [-0.4, -0.2) is 34.0 Å². The van der Waals surface area contributed by atoms with Gasteiger partial charge in [-0.05, 0) is 24.3 Å². The van der Waals surface area contributed by atoms with Crippen molar-refractivity contribution in [1.29, 1.82) is 0 Å². The normalized spacial score (nSPS) is 17.8. The zero-order valence-corrected chi connectivity index (χ0v) is 12.0. The zero-order chi connectivity index (χ0) is 15.7. The minimum Gasteiger partial charge on any atom is -0.344 e. The number of hydrogen-bond donors (Lipinski definition) is 1. The number of aromatic nitrogens is 2. The summed E-state index contributed by atoms with van der Waals surface area (Å²) in [7, 11) is 1.73. The standard InChI is InChI=1S/C15H15FN4O2/c1-19-7-6-17-14(19)15(22)18-11-8-13(21)20(9-11)12-4-2-10(16)3-5-12/h2-7,11H,8-9H2,1H3,(H,18,22). The number of anilines is 1. The molecule has 1 aliphatic rings. The van der Waals surface area contributed by atoms with Gasteiger partial charge in [-0.3, -0.25) is 9.59 Å². The second kappa shape index (κ2) is 5.59. The largest absolute Gasteiger partial charge is 0.344 e. The van der Waals surface area contributed by atoms with E-state index in [4.69, 9.17) is 0 Å². The third-order valence-electron chi connectivity index (χ3n) is 3.62. The van der Waals surface area contributed by atoms with Gasteiger partial charge in [0.15, 0.2) is 5.82 Å². The van der Waals surface area contributed by atoms with E-state index < -0.39 is 0 Å². The molecule has 0 saturated carbocycles. The zero-order valence-electron chi connectivity index (χ0n) is 12.0. The Morgan fingerprint density at radius 3 is 2.73 bits per heavy atom. The number of nitrogens with zero attached hydrogens (tertiary/aromatic N) is 3.